The van der Waals surface area contributed by atoms with Crippen LogP contribution in [0.4, 0.5) is 0 Å². The first-order valence-corrected chi connectivity index (χ1v) is 9.74. The summed E-state index contributed by atoms with van der Waals surface area (Å²) in [5, 5.41) is 0.301. The van der Waals surface area contributed by atoms with Crippen molar-refractivity contribution in [2.24, 2.45) is 0 Å². The van der Waals surface area contributed by atoms with Gasteiger partial charge in [-0.05, 0) is 49.4 Å². The van der Waals surface area contributed by atoms with E-state index in [-0.39, 0.29) is 22.5 Å². The Bertz CT molecular complexity index is 1350. The summed E-state index contributed by atoms with van der Waals surface area (Å²) in [6, 6.07) is 18.1. The molecule has 3 aromatic carbocycles. The highest BCUT2D eigenvalue weighted by Gasteiger charge is 2.16. The molecule has 0 aliphatic carbocycles. The largest absolute Gasteiger partial charge is 0.497 e. The molecule has 0 aliphatic heterocycles. The van der Waals surface area contributed by atoms with Gasteiger partial charge >= 0.3 is 5.97 Å². The molecular formula is C25H20O7. The molecule has 4 rings (SSSR count). The number of fused-ring (bicyclic) bond motifs is 1. The van der Waals surface area contributed by atoms with Crippen molar-refractivity contribution in [3.8, 4) is 28.7 Å². The van der Waals surface area contributed by atoms with Gasteiger partial charge in [0.1, 0.15) is 34.3 Å². The minimum Gasteiger partial charge on any atom is -0.497 e. The molecule has 0 spiro atoms. The van der Waals surface area contributed by atoms with Gasteiger partial charge in [-0.3, -0.25) is 4.79 Å². The van der Waals surface area contributed by atoms with Gasteiger partial charge in [0.05, 0.1) is 25.2 Å². The molecule has 32 heavy (non-hydrogen) atoms. The number of hydrogen-bond donors (Lipinski definition) is 0. The normalized spacial score (nSPS) is 10.6. The van der Waals surface area contributed by atoms with Crippen LogP contribution in [-0.4, -0.2) is 20.2 Å². The molecule has 0 amide bonds. The van der Waals surface area contributed by atoms with Crippen molar-refractivity contribution < 1.29 is 28.2 Å². The number of carbonyl (C=O) groups excluding carboxylic acids is 1. The van der Waals surface area contributed by atoms with E-state index in [9.17, 15) is 9.59 Å². The minimum atomic E-state index is -0.555. The molecule has 162 valence electrons. The van der Waals surface area contributed by atoms with Crippen molar-refractivity contribution in [1.29, 1.82) is 0 Å². The smallest absolute Gasteiger partial charge is 0.343 e. The van der Waals surface area contributed by atoms with Crippen LogP contribution in [0, 0.1) is 6.92 Å². The first-order valence-electron chi connectivity index (χ1n) is 9.74. The van der Waals surface area contributed by atoms with E-state index in [1.165, 1.54) is 25.3 Å². The van der Waals surface area contributed by atoms with Gasteiger partial charge in [-0.1, -0.05) is 12.1 Å². The maximum absolute atomic E-state index is 13.0. The van der Waals surface area contributed by atoms with Gasteiger partial charge < -0.3 is 23.4 Å². The van der Waals surface area contributed by atoms with E-state index in [0.717, 1.165) is 0 Å². The van der Waals surface area contributed by atoms with Crippen LogP contribution in [0.2, 0.25) is 0 Å². The summed E-state index contributed by atoms with van der Waals surface area (Å²) in [5.74, 6) is 1.65. The van der Waals surface area contributed by atoms with Crippen LogP contribution in [-0.2, 0) is 0 Å². The molecule has 0 saturated carbocycles. The molecule has 4 aromatic rings. The number of hydrogen-bond acceptors (Lipinski definition) is 7. The fourth-order valence-corrected chi connectivity index (χ4v) is 3.15. The maximum Gasteiger partial charge on any atom is 0.343 e. The van der Waals surface area contributed by atoms with Crippen molar-refractivity contribution in [3.05, 3.63) is 88.3 Å². The summed E-state index contributed by atoms with van der Waals surface area (Å²) in [4.78, 5) is 25.5. The molecule has 0 atom stereocenters. The van der Waals surface area contributed by atoms with Crippen molar-refractivity contribution >= 4 is 16.9 Å². The van der Waals surface area contributed by atoms with Crippen LogP contribution in [0.1, 0.15) is 16.1 Å². The van der Waals surface area contributed by atoms with E-state index < -0.39 is 5.97 Å². The van der Waals surface area contributed by atoms with Crippen LogP contribution < -0.4 is 24.4 Å². The van der Waals surface area contributed by atoms with Crippen molar-refractivity contribution in [2.45, 2.75) is 6.92 Å². The average Bonchev–Trinajstić information content (AvgIpc) is 2.81. The van der Waals surface area contributed by atoms with Gasteiger partial charge in [0.2, 0.25) is 11.2 Å². The molecule has 0 N–H and O–H groups in total. The van der Waals surface area contributed by atoms with E-state index in [2.05, 4.69) is 0 Å². The first kappa shape index (κ1) is 21.0. The number of methoxy groups -OCH3 is 2. The second kappa shape index (κ2) is 8.85. The summed E-state index contributed by atoms with van der Waals surface area (Å²) in [6.45, 7) is 1.63. The topological polar surface area (TPSA) is 84.2 Å². The number of benzene rings is 3. The summed E-state index contributed by atoms with van der Waals surface area (Å²) < 4.78 is 27.3. The Kier molecular flexibility index (Phi) is 5.81. The number of carbonyl (C=O) groups is 1. The number of aryl methyl sites for hydroxylation is 1. The van der Waals surface area contributed by atoms with Crippen molar-refractivity contribution in [1.82, 2.24) is 0 Å². The average molecular weight is 432 g/mol. The zero-order valence-electron chi connectivity index (χ0n) is 17.7. The van der Waals surface area contributed by atoms with Crippen molar-refractivity contribution in [3.63, 3.8) is 0 Å². The lowest BCUT2D eigenvalue weighted by Gasteiger charge is -2.10. The van der Waals surface area contributed by atoms with Crippen LogP contribution in [0.25, 0.3) is 11.0 Å². The SMILES string of the molecule is COc1cccc(Oc2c(C)oc3cc(OC(=O)c4cccc(OC)c4)ccc3c2=O)c1. The molecule has 0 fully saturated rings. The third kappa shape index (κ3) is 4.27. The fourth-order valence-electron chi connectivity index (χ4n) is 3.15. The summed E-state index contributed by atoms with van der Waals surface area (Å²) >= 11 is 0. The Morgan fingerprint density at radius 2 is 1.50 bits per heavy atom. The number of rotatable bonds is 6. The van der Waals surface area contributed by atoms with Gasteiger partial charge in [-0.15, -0.1) is 0 Å². The Hall–Kier alpha value is -4.26. The molecule has 0 saturated heterocycles. The second-order valence-corrected chi connectivity index (χ2v) is 6.88. The van der Waals surface area contributed by atoms with Gasteiger partial charge in [0, 0.05) is 12.1 Å². The number of ether oxygens (including phenoxy) is 4. The highest BCUT2D eigenvalue weighted by Crippen LogP contribution is 2.29. The highest BCUT2D eigenvalue weighted by atomic mass is 16.5. The molecule has 0 unspecified atom stereocenters. The van der Waals surface area contributed by atoms with Crippen LogP contribution in [0.15, 0.2) is 75.9 Å². The van der Waals surface area contributed by atoms with E-state index in [1.54, 1.807) is 62.6 Å². The van der Waals surface area contributed by atoms with E-state index in [4.69, 9.17) is 23.4 Å². The predicted octanol–water partition coefficient (Wildman–Crippen LogP) is 5.13. The summed E-state index contributed by atoms with van der Waals surface area (Å²) in [7, 11) is 3.07. The van der Waals surface area contributed by atoms with Gasteiger partial charge in [-0.25, -0.2) is 4.79 Å². The molecule has 0 radical (unpaired) electrons. The molecule has 0 aliphatic rings. The lowest BCUT2D eigenvalue weighted by molar-refractivity contribution is 0.0734. The lowest BCUT2D eigenvalue weighted by atomic mass is 10.2. The van der Waals surface area contributed by atoms with Crippen LogP contribution in [0.5, 0.6) is 28.7 Å². The van der Waals surface area contributed by atoms with Gasteiger partial charge in [0.25, 0.3) is 0 Å². The maximum atomic E-state index is 13.0. The molecule has 1 heterocycles. The Labute approximate surface area is 183 Å². The molecule has 0 bridgehead atoms. The highest BCUT2D eigenvalue weighted by molar-refractivity contribution is 5.92. The number of esters is 1. The second-order valence-electron chi connectivity index (χ2n) is 6.88. The Morgan fingerprint density at radius 1 is 0.812 bits per heavy atom. The van der Waals surface area contributed by atoms with Crippen LogP contribution in [0.3, 0.4) is 0 Å². The van der Waals surface area contributed by atoms with E-state index >= 15 is 0 Å². The zero-order chi connectivity index (χ0) is 22.7. The zero-order valence-corrected chi connectivity index (χ0v) is 17.7. The molecule has 7 nitrogen and oxygen atoms in total. The van der Waals surface area contributed by atoms with Crippen LogP contribution >= 0.6 is 0 Å². The fraction of sp³-hybridized carbons (Fsp3) is 0.120. The standard InChI is InChI=1S/C25H20O7/c1-15-24(31-19-9-5-8-18(13-19)29-3)23(26)21-11-10-20(14-22(21)30-15)32-25(27)16-6-4-7-17(12-16)28-2/h4-14H,1-3H3. The lowest BCUT2D eigenvalue weighted by Crippen LogP contribution is -2.10. The Morgan fingerprint density at radius 3 is 2.25 bits per heavy atom. The summed E-state index contributed by atoms with van der Waals surface area (Å²) in [5.41, 5.74) is 0.280. The van der Waals surface area contributed by atoms with E-state index in [1.807, 2.05) is 0 Å². The van der Waals surface area contributed by atoms with Crippen molar-refractivity contribution in [2.75, 3.05) is 14.2 Å². The predicted molar refractivity (Wildman–Crippen MR) is 118 cm³/mol. The molecular weight excluding hydrogens is 412 g/mol. The first-order chi connectivity index (χ1) is 15.5. The minimum absolute atomic E-state index is 0.0758. The van der Waals surface area contributed by atoms with Gasteiger partial charge in [-0.2, -0.15) is 0 Å². The molecule has 7 heteroatoms. The monoisotopic (exact) mass is 432 g/mol. The third-order valence-electron chi connectivity index (χ3n) is 4.76. The Balaban J connectivity index is 1.63. The van der Waals surface area contributed by atoms with E-state index in [0.29, 0.717) is 34.0 Å². The quantitative estimate of drug-likeness (QED) is 0.308. The molecule has 1 aromatic heterocycles. The third-order valence-corrected chi connectivity index (χ3v) is 4.76. The van der Waals surface area contributed by atoms with Gasteiger partial charge in [0.15, 0.2) is 0 Å². The summed E-state index contributed by atoms with van der Waals surface area (Å²) in [6.07, 6.45) is 0.